The van der Waals surface area contributed by atoms with Crippen LogP contribution in [0.5, 0.6) is 0 Å². The first-order valence-electron chi connectivity index (χ1n) is 8.69. The summed E-state index contributed by atoms with van der Waals surface area (Å²) in [6.07, 6.45) is -4.44. The lowest BCUT2D eigenvalue weighted by molar-refractivity contribution is -0.0748. The van der Waals surface area contributed by atoms with E-state index in [1.54, 1.807) is 0 Å². The largest absolute Gasteiger partial charge is 0.490 e. The zero-order valence-corrected chi connectivity index (χ0v) is 18.9. The van der Waals surface area contributed by atoms with Crippen molar-refractivity contribution in [2.24, 2.45) is 0 Å². The molecule has 0 amide bonds. The van der Waals surface area contributed by atoms with Gasteiger partial charge in [-0.3, -0.25) is 18.9 Å². The SMILES string of the molecule is C=C[C@]12O[C@@H](n3cnc4c(=O)[nH]c(N)nc43)[C@H](F)[C@@]1(O)C2OP(=O)(O)OP(=O)(O)OP(=O)(O)O. The fourth-order valence-electron chi connectivity index (χ4n) is 3.67. The summed E-state index contributed by atoms with van der Waals surface area (Å²) in [6, 6.07) is 0. The second-order valence-electron chi connectivity index (χ2n) is 7.08. The lowest BCUT2D eigenvalue weighted by Gasteiger charge is -2.24. The van der Waals surface area contributed by atoms with Gasteiger partial charge in [-0.05, 0) is 0 Å². The number of phosphoric acid groups is 3. The number of alkyl halides is 1. The van der Waals surface area contributed by atoms with E-state index >= 15 is 4.39 Å². The van der Waals surface area contributed by atoms with Crippen molar-refractivity contribution < 1.29 is 60.6 Å². The lowest BCUT2D eigenvalue weighted by Crippen LogP contribution is -2.34. The quantitative estimate of drug-likeness (QED) is 0.153. The number of ether oxygens (including phenoxy) is 1. The summed E-state index contributed by atoms with van der Waals surface area (Å²) < 4.78 is 67.8. The van der Waals surface area contributed by atoms with Gasteiger partial charge in [0.05, 0.1) is 6.33 Å². The molecule has 0 spiro atoms. The van der Waals surface area contributed by atoms with Crippen LogP contribution in [0.3, 0.4) is 0 Å². The number of nitrogen functional groups attached to an aromatic ring is 1. The molecule has 7 atom stereocenters. The highest BCUT2D eigenvalue weighted by Gasteiger charge is 2.89. The first kappa shape index (κ1) is 25.2. The summed E-state index contributed by atoms with van der Waals surface area (Å²) in [5, 5.41) is 10.8. The fourth-order valence-corrected chi connectivity index (χ4v) is 6.92. The molecule has 0 aromatic carbocycles. The van der Waals surface area contributed by atoms with Crippen LogP contribution in [0.25, 0.3) is 11.2 Å². The van der Waals surface area contributed by atoms with Crippen molar-refractivity contribution in [2.75, 3.05) is 5.73 Å². The highest BCUT2D eigenvalue weighted by molar-refractivity contribution is 7.66. The molecule has 22 heteroatoms. The standard InChI is InChI=1S/C12H15FN5O13P3/c1-2-11-9(29-33(24,25)31-34(26,27)30-32(21,22)23)12(11,20)5(13)8(28-11)18-3-15-4-6(18)16-10(14)17-7(4)19/h2-3,5,8-9,20H,1H2,(H,24,25)(H,26,27)(H2,21,22,23)(H3,14,16,17,19)/t5-,8+,9?,11+,12+/m0/s1. The molecule has 3 heterocycles. The number of fused-ring (bicyclic) bond motifs is 2. The number of phosphoric ester groups is 1. The van der Waals surface area contributed by atoms with Crippen LogP contribution >= 0.6 is 23.5 Å². The Morgan fingerprint density at radius 3 is 2.47 bits per heavy atom. The van der Waals surface area contributed by atoms with Gasteiger partial charge >= 0.3 is 23.5 Å². The van der Waals surface area contributed by atoms with Gasteiger partial charge in [0, 0.05) is 0 Å². The van der Waals surface area contributed by atoms with E-state index in [-0.39, 0.29) is 17.1 Å². The van der Waals surface area contributed by atoms with Crippen LogP contribution < -0.4 is 11.3 Å². The molecule has 1 saturated heterocycles. The van der Waals surface area contributed by atoms with Gasteiger partial charge in [0.1, 0.15) is 6.10 Å². The molecular weight excluding hydrogens is 534 g/mol. The molecule has 2 aliphatic rings. The van der Waals surface area contributed by atoms with E-state index in [2.05, 4.69) is 34.7 Å². The molecule has 188 valence electrons. The second-order valence-corrected chi connectivity index (χ2v) is 11.5. The molecule has 4 rings (SSSR count). The first-order chi connectivity index (χ1) is 15.5. The van der Waals surface area contributed by atoms with Gasteiger partial charge in [-0.15, -0.1) is 6.58 Å². The maximum Gasteiger partial charge on any atom is 0.490 e. The van der Waals surface area contributed by atoms with Crippen molar-refractivity contribution in [3.8, 4) is 0 Å². The molecule has 8 N–H and O–H groups in total. The Labute approximate surface area is 186 Å². The minimum atomic E-state index is -5.86. The van der Waals surface area contributed by atoms with Crippen molar-refractivity contribution in [3.63, 3.8) is 0 Å². The Kier molecular flexibility index (Phi) is 5.62. The van der Waals surface area contributed by atoms with Crippen molar-refractivity contribution >= 4 is 40.6 Å². The zero-order chi connectivity index (χ0) is 25.5. The number of nitrogens with two attached hydrogens (primary N) is 1. The molecule has 0 bridgehead atoms. The van der Waals surface area contributed by atoms with Crippen LogP contribution in [0.1, 0.15) is 6.23 Å². The molecule has 18 nitrogen and oxygen atoms in total. The molecule has 3 unspecified atom stereocenters. The third kappa shape index (κ3) is 3.89. The molecule has 1 saturated carbocycles. The molecular formula is C12H15FN5O13P3. The smallest absolute Gasteiger partial charge is 0.380 e. The Balaban J connectivity index is 1.60. The van der Waals surface area contributed by atoms with Gasteiger partial charge in [-0.1, -0.05) is 6.08 Å². The number of imidazole rings is 1. The predicted molar refractivity (Wildman–Crippen MR) is 104 cm³/mol. The zero-order valence-electron chi connectivity index (χ0n) is 16.2. The monoisotopic (exact) mass is 549 g/mol. The Morgan fingerprint density at radius 2 is 1.91 bits per heavy atom. The number of aromatic amines is 1. The van der Waals surface area contributed by atoms with E-state index in [0.717, 1.165) is 17.0 Å². The fraction of sp³-hybridized carbons (Fsp3) is 0.417. The maximum atomic E-state index is 15.4. The Hall–Kier alpha value is -1.85. The van der Waals surface area contributed by atoms with Crippen molar-refractivity contribution in [1.29, 1.82) is 0 Å². The summed E-state index contributed by atoms with van der Waals surface area (Å²) in [7, 11) is -17.2. The molecule has 2 aromatic rings. The Bertz CT molecular complexity index is 1390. The van der Waals surface area contributed by atoms with E-state index in [9.17, 15) is 33.4 Å². The van der Waals surface area contributed by atoms with Crippen LogP contribution in [0.15, 0.2) is 23.8 Å². The number of rotatable bonds is 8. The van der Waals surface area contributed by atoms with Crippen molar-refractivity contribution in [1.82, 2.24) is 19.5 Å². The van der Waals surface area contributed by atoms with Crippen LogP contribution in [0.4, 0.5) is 10.3 Å². The molecule has 2 fully saturated rings. The van der Waals surface area contributed by atoms with Gasteiger partial charge in [0.15, 0.2) is 34.8 Å². The molecule has 1 aliphatic carbocycles. The summed E-state index contributed by atoms with van der Waals surface area (Å²) in [6.45, 7) is 3.35. The molecule has 2 aromatic heterocycles. The second kappa shape index (κ2) is 7.57. The normalized spacial score (nSPS) is 34.4. The maximum absolute atomic E-state index is 15.4. The van der Waals surface area contributed by atoms with Gasteiger partial charge in [0.2, 0.25) is 5.95 Å². The predicted octanol–water partition coefficient (Wildman–Crippen LogP) is -1.05. The highest BCUT2D eigenvalue weighted by atomic mass is 31.3. The Morgan fingerprint density at radius 1 is 1.26 bits per heavy atom. The number of nitrogens with zero attached hydrogens (tertiary/aromatic N) is 3. The van der Waals surface area contributed by atoms with Crippen molar-refractivity contribution in [3.05, 3.63) is 29.3 Å². The lowest BCUT2D eigenvalue weighted by atomic mass is 10.1. The van der Waals surface area contributed by atoms with E-state index in [4.69, 9.17) is 20.3 Å². The van der Waals surface area contributed by atoms with E-state index < -0.39 is 58.7 Å². The number of nitrogens with one attached hydrogen (secondary N) is 1. The number of halogens is 1. The van der Waals surface area contributed by atoms with Crippen LogP contribution in [-0.4, -0.2) is 67.7 Å². The average molecular weight is 549 g/mol. The first-order valence-corrected chi connectivity index (χ1v) is 13.2. The van der Waals surface area contributed by atoms with Crippen LogP contribution in [0, 0.1) is 0 Å². The number of anilines is 1. The number of aromatic nitrogens is 4. The molecule has 34 heavy (non-hydrogen) atoms. The molecule has 0 radical (unpaired) electrons. The van der Waals surface area contributed by atoms with E-state index in [0.29, 0.717) is 0 Å². The summed E-state index contributed by atoms with van der Waals surface area (Å²) in [5.74, 6) is -0.333. The summed E-state index contributed by atoms with van der Waals surface area (Å²) >= 11 is 0. The van der Waals surface area contributed by atoms with Crippen LogP contribution in [0.2, 0.25) is 0 Å². The minimum absolute atomic E-state index is 0.220. The van der Waals surface area contributed by atoms with Gasteiger partial charge in [-0.25, -0.2) is 23.1 Å². The molecule has 1 aliphatic heterocycles. The minimum Gasteiger partial charge on any atom is -0.380 e. The van der Waals surface area contributed by atoms with Gasteiger partial charge < -0.3 is 35.2 Å². The summed E-state index contributed by atoms with van der Waals surface area (Å²) in [4.78, 5) is 57.8. The van der Waals surface area contributed by atoms with Crippen LogP contribution in [-0.2, 0) is 31.6 Å². The topological polar surface area (TPSA) is 279 Å². The van der Waals surface area contributed by atoms with Gasteiger partial charge in [0.25, 0.3) is 5.56 Å². The number of aliphatic hydroxyl groups is 1. The van der Waals surface area contributed by atoms with E-state index in [1.807, 2.05) is 0 Å². The highest BCUT2D eigenvalue weighted by Crippen LogP contribution is 2.72. The van der Waals surface area contributed by atoms with E-state index in [1.165, 1.54) is 0 Å². The van der Waals surface area contributed by atoms with Crippen molar-refractivity contribution in [2.45, 2.75) is 29.7 Å². The summed E-state index contributed by atoms with van der Waals surface area (Å²) in [5.41, 5.74) is -0.662. The number of hydrogen-bond donors (Lipinski definition) is 7. The third-order valence-corrected chi connectivity index (χ3v) is 8.81. The van der Waals surface area contributed by atoms with Gasteiger partial charge in [-0.2, -0.15) is 13.6 Å². The number of hydrogen-bond acceptors (Lipinski definition) is 12. The average Bonchev–Trinajstić information content (AvgIpc) is 2.92. The number of H-pyrrole nitrogens is 1. The third-order valence-electron chi connectivity index (χ3n) is 5.00.